The van der Waals surface area contributed by atoms with Crippen molar-refractivity contribution in [1.82, 2.24) is 58.5 Å². The molecule has 3 aliphatic rings. The zero-order valence-electron chi connectivity index (χ0n) is 42.5. The van der Waals surface area contributed by atoms with E-state index in [0.29, 0.717) is 0 Å². The van der Waals surface area contributed by atoms with E-state index in [1.165, 1.54) is 57.7 Å². The second-order valence-corrected chi connectivity index (χ2v) is 24.4. The van der Waals surface area contributed by atoms with Crippen molar-refractivity contribution in [2.45, 2.75) is 73.9 Å². The van der Waals surface area contributed by atoms with Crippen molar-refractivity contribution in [3.8, 4) is 0 Å². The van der Waals surface area contributed by atoms with Gasteiger partial charge in [0.2, 0.25) is 23.6 Å². The number of hydrogen-bond donors (Lipinski definition) is 11. The van der Waals surface area contributed by atoms with Gasteiger partial charge in [0.25, 0.3) is 17.1 Å². The number of aromatic nitrogens is 12. The number of carbonyl (C=O) groups is 1. The van der Waals surface area contributed by atoms with Crippen LogP contribution >= 0.6 is 31.3 Å². The van der Waals surface area contributed by atoms with Crippen LogP contribution in [0.5, 0.6) is 0 Å². The van der Waals surface area contributed by atoms with E-state index in [-0.39, 0.29) is 51.2 Å². The maximum atomic E-state index is 13.8. The Hall–Kier alpha value is -5.64. The standard InChI is InChI=1S/C37H52N16O24P4/c1-49(2)18(54)6-14-15(72-33(22(14)55)53-13-50(3)21-30(53)46-37(40)48-32(21)58)7-70-79(61,62)76-81(65,66)77-80(63,64)71-9-17-24(26(68-5)35(74-17)51-11-43-19-27(38)41-10-42-28(19)51)75-78(59,60)69-8-16-23(56)25(67-4)34(73-16)52-12-44-20-29(52)45-36(39)47-31(20)57/h10-17,22-26,33-35,55-56H,6-9H2,1-5H3,(H11-,38,39,40,41,42,45,46,47,48,57,58,59,60,61,62,63,64,65,66)/p+1/t14-,15-,16-,17-,22-,23-,24-,25-,26-,33?,34-,35-/m1/s1. The fraction of sp³-hybridized carbons (Fsp3) is 0.568. The Labute approximate surface area is 452 Å². The molecule has 0 spiro atoms. The van der Waals surface area contributed by atoms with Gasteiger partial charge in [-0.05, 0) is 0 Å². The second-order valence-electron chi connectivity index (χ2n) is 18.3. The van der Waals surface area contributed by atoms with Crippen molar-refractivity contribution in [1.29, 1.82) is 0 Å². The summed E-state index contributed by atoms with van der Waals surface area (Å²) >= 11 is 0. The number of nitrogens with zero attached hydrogens (tertiary/aromatic N) is 11. The number of nitrogen functional groups attached to an aromatic ring is 3. The van der Waals surface area contributed by atoms with Gasteiger partial charge in [-0.3, -0.25) is 56.1 Å². The van der Waals surface area contributed by atoms with Gasteiger partial charge in [0.1, 0.15) is 54.6 Å². The minimum Gasteiger partial charge on any atom is -0.387 e. The van der Waals surface area contributed by atoms with Gasteiger partial charge in [0.05, 0.1) is 45.6 Å². The summed E-state index contributed by atoms with van der Waals surface area (Å²) in [5, 5.41) is 22.7. The molecule has 81 heavy (non-hydrogen) atoms. The number of phosphoric ester groups is 3. The number of aliphatic hydroxyl groups is 2. The number of amides is 1. The number of methoxy groups -OCH3 is 2. The molecule has 14 N–H and O–H groups in total. The first-order chi connectivity index (χ1) is 38.0. The number of aliphatic hydroxyl groups excluding tert-OH is 2. The number of H-pyrrole nitrogens is 2. The van der Waals surface area contributed by atoms with Crippen LogP contribution in [-0.2, 0) is 80.5 Å². The van der Waals surface area contributed by atoms with Gasteiger partial charge < -0.3 is 75.6 Å². The maximum Gasteiger partial charge on any atom is 0.490 e. The number of aromatic amines is 2. The zero-order valence-corrected chi connectivity index (χ0v) is 46.1. The van der Waals surface area contributed by atoms with Crippen molar-refractivity contribution in [3.05, 3.63) is 46.0 Å². The molecule has 6 aromatic heterocycles. The number of phosphoric acid groups is 4. The first-order valence-corrected chi connectivity index (χ1v) is 29.3. The molecule has 0 aromatic carbocycles. The van der Waals surface area contributed by atoms with Gasteiger partial charge in [-0.1, -0.05) is 4.98 Å². The van der Waals surface area contributed by atoms with E-state index in [2.05, 4.69) is 48.5 Å². The Bertz CT molecular complexity index is 3670. The quantitative estimate of drug-likeness (QED) is 0.0234. The predicted molar refractivity (Wildman–Crippen MR) is 265 cm³/mol. The summed E-state index contributed by atoms with van der Waals surface area (Å²) in [6.45, 7) is -3.21. The summed E-state index contributed by atoms with van der Waals surface area (Å²) in [5.74, 6) is -2.44. The lowest BCUT2D eigenvalue weighted by Gasteiger charge is -2.26. The fourth-order valence-electron chi connectivity index (χ4n) is 9.25. The van der Waals surface area contributed by atoms with Crippen LogP contribution in [0.3, 0.4) is 0 Å². The number of ether oxygens (including phenoxy) is 5. The van der Waals surface area contributed by atoms with Gasteiger partial charge in [0, 0.05) is 40.7 Å². The molecule has 6 aromatic rings. The Balaban J connectivity index is 0.883. The largest absolute Gasteiger partial charge is 0.490 e. The van der Waals surface area contributed by atoms with Crippen LogP contribution in [0.15, 0.2) is 34.9 Å². The third-order valence-corrected chi connectivity index (χ3v) is 18.1. The molecule has 0 radical (unpaired) electrons. The average molecular weight is 1230 g/mol. The zero-order chi connectivity index (χ0) is 58.8. The van der Waals surface area contributed by atoms with Crippen LogP contribution < -0.4 is 32.9 Å². The number of nitrogens with one attached hydrogen (secondary N) is 2. The first kappa shape index (κ1) is 60.0. The highest BCUT2D eigenvalue weighted by Gasteiger charge is 2.54. The van der Waals surface area contributed by atoms with Gasteiger partial charge in [-0.25, -0.2) is 42.8 Å². The molecular formula is C37H53N16O24P4+. The van der Waals surface area contributed by atoms with Crippen molar-refractivity contribution in [2.75, 3.05) is 65.3 Å². The molecule has 3 fully saturated rings. The van der Waals surface area contributed by atoms with Gasteiger partial charge >= 0.3 is 36.9 Å². The first-order valence-electron chi connectivity index (χ1n) is 23.4. The van der Waals surface area contributed by atoms with Gasteiger partial charge in [-0.2, -0.15) is 13.6 Å². The summed E-state index contributed by atoms with van der Waals surface area (Å²) in [5.41, 5.74) is 15.9. The molecule has 9 rings (SSSR count). The molecule has 40 nitrogen and oxygen atoms in total. The SMILES string of the molecule is CO[C@@H]1[C@H](O)[C@@H](COP(=O)(O)O[C@H]2[C@@H](OC)[C@H](n3cnc4c(N)ncnc43)O[C@@H]2COP(=O)(O)OP(=O)(O)OP(=O)(O)OC[C@H]2OC([n+]3cn(C)c4c(=O)[nH]c(N)nc43)[C@H](O)[C@@H]2CC(=O)N(C)C)O[C@H]1n1cnc2c(=O)[nH]c(N)nc21. The summed E-state index contributed by atoms with van der Waals surface area (Å²) in [6.07, 6.45) is -12.6. The molecule has 3 aliphatic heterocycles. The lowest BCUT2D eigenvalue weighted by atomic mass is 9.94. The molecule has 0 bridgehead atoms. The van der Waals surface area contributed by atoms with Crippen LogP contribution in [0.25, 0.3) is 33.5 Å². The highest BCUT2D eigenvalue weighted by molar-refractivity contribution is 7.66. The van der Waals surface area contributed by atoms with E-state index in [4.69, 9.17) is 59.0 Å². The number of anilines is 3. The molecule has 9 heterocycles. The number of fused-ring (bicyclic) bond motifs is 3. The molecule has 0 saturated carbocycles. The third kappa shape index (κ3) is 12.4. The summed E-state index contributed by atoms with van der Waals surface area (Å²) in [4.78, 5) is 111. The average Bonchev–Trinajstić information content (AvgIpc) is 4.43. The monoisotopic (exact) mass is 1230 g/mol. The van der Waals surface area contributed by atoms with Crippen LogP contribution in [0, 0.1) is 5.92 Å². The summed E-state index contributed by atoms with van der Waals surface area (Å²) in [6, 6.07) is 0. The smallest absolute Gasteiger partial charge is 0.387 e. The number of nitrogens with two attached hydrogens (primary N) is 3. The number of imidazole rings is 3. The van der Waals surface area contributed by atoms with E-state index >= 15 is 0 Å². The Kier molecular flexibility index (Phi) is 16.9. The molecule has 5 unspecified atom stereocenters. The molecule has 3 saturated heterocycles. The maximum absolute atomic E-state index is 13.8. The molecule has 16 atom stereocenters. The van der Waals surface area contributed by atoms with E-state index in [1.807, 2.05) is 0 Å². The van der Waals surface area contributed by atoms with Crippen LogP contribution in [0.4, 0.5) is 17.7 Å². The van der Waals surface area contributed by atoms with Crippen LogP contribution in [0.2, 0.25) is 0 Å². The second kappa shape index (κ2) is 22.8. The topological polar surface area (TPSA) is 551 Å². The Morgan fingerprint density at radius 2 is 1.28 bits per heavy atom. The minimum atomic E-state index is -6.23. The number of carbonyl (C=O) groups excluding carboxylic acids is 1. The van der Waals surface area contributed by atoms with Crippen LogP contribution in [-0.4, -0.2) is 191 Å². The van der Waals surface area contributed by atoms with Gasteiger partial charge in [-0.15, -0.1) is 0 Å². The van der Waals surface area contributed by atoms with Crippen molar-refractivity contribution < 1.29 is 108 Å². The lowest BCUT2D eigenvalue weighted by molar-refractivity contribution is -0.745. The number of hydrogen-bond acceptors (Lipinski definition) is 29. The van der Waals surface area contributed by atoms with Crippen molar-refractivity contribution >= 4 is 88.4 Å². The molecule has 1 amide bonds. The highest BCUT2D eigenvalue weighted by atomic mass is 31.3. The Morgan fingerprint density at radius 3 is 1.94 bits per heavy atom. The molecule has 44 heteroatoms. The van der Waals surface area contributed by atoms with E-state index in [9.17, 15) is 62.4 Å². The van der Waals surface area contributed by atoms with Crippen molar-refractivity contribution in [3.63, 3.8) is 0 Å². The molecular weight excluding hydrogens is 1180 g/mol. The fourth-order valence-corrected chi connectivity index (χ4v) is 13.7. The van der Waals surface area contributed by atoms with E-state index < -0.39 is 148 Å². The number of aryl methyl sites for hydroxylation is 1. The minimum absolute atomic E-state index is 0.00542. The Morgan fingerprint density at radius 1 is 0.716 bits per heavy atom. The molecule has 444 valence electrons. The predicted octanol–water partition coefficient (Wildman–Crippen LogP) is -3.32. The van der Waals surface area contributed by atoms with Crippen molar-refractivity contribution in [2.24, 2.45) is 13.0 Å². The third-order valence-electron chi connectivity index (χ3n) is 12.9. The van der Waals surface area contributed by atoms with Gasteiger partial charge in [0.15, 0.2) is 41.4 Å². The summed E-state index contributed by atoms with van der Waals surface area (Å²) in [7, 11) is -16.9. The summed E-state index contributed by atoms with van der Waals surface area (Å²) < 4.78 is 117. The number of rotatable bonds is 22. The highest BCUT2D eigenvalue weighted by Crippen LogP contribution is 2.68. The normalized spacial score (nSPS) is 29.0. The van der Waals surface area contributed by atoms with Crippen LogP contribution in [0.1, 0.15) is 25.1 Å². The van der Waals surface area contributed by atoms with E-state index in [0.717, 1.165) is 26.1 Å². The lowest BCUT2D eigenvalue weighted by Crippen LogP contribution is -2.45. The van der Waals surface area contributed by atoms with E-state index in [1.54, 1.807) is 0 Å². The molecule has 0 aliphatic carbocycles.